The topological polar surface area (TPSA) is 55.1 Å². The van der Waals surface area contributed by atoms with E-state index in [9.17, 15) is 9.90 Å². The molecule has 0 saturated heterocycles. The van der Waals surface area contributed by atoms with Crippen molar-refractivity contribution in [2.75, 3.05) is 0 Å². The number of hydrogen-bond donors (Lipinski definition) is 1. The fourth-order valence-electron chi connectivity index (χ4n) is 2.29. The van der Waals surface area contributed by atoms with Gasteiger partial charge in [-0.3, -0.25) is 9.36 Å². The largest absolute Gasteiger partial charge is 0.508 e. The molecule has 0 spiro atoms. The number of nitrogens with zero attached hydrogens (tertiary/aromatic N) is 2. The molecule has 0 unspecified atom stereocenters. The van der Waals surface area contributed by atoms with E-state index in [-0.39, 0.29) is 11.3 Å². The second-order valence-corrected chi connectivity index (χ2v) is 5.47. The fourth-order valence-corrected chi connectivity index (χ4v) is 2.42. The van der Waals surface area contributed by atoms with Crippen molar-refractivity contribution in [3.05, 3.63) is 70.2 Å². The molecule has 4 nitrogen and oxygen atoms in total. The van der Waals surface area contributed by atoms with Gasteiger partial charge in [-0.25, -0.2) is 4.98 Å². The van der Waals surface area contributed by atoms with Crippen molar-refractivity contribution in [2.45, 2.75) is 6.92 Å². The predicted molar refractivity (Wildman–Crippen MR) is 88.7 cm³/mol. The first-order valence-electron chi connectivity index (χ1n) is 6.65. The lowest BCUT2D eigenvalue weighted by Gasteiger charge is -2.13. The highest BCUT2D eigenvalue weighted by Crippen LogP contribution is 2.21. The highest BCUT2D eigenvalue weighted by Gasteiger charge is 2.13. The molecule has 2 aromatic carbocycles. The summed E-state index contributed by atoms with van der Waals surface area (Å²) in [7, 11) is 0. The molecular weight excluding hydrogens is 300 g/mol. The van der Waals surface area contributed by atoms with E-state index < -0.39 is 0 Å². The van der Waals surface area contributed by atoms with E-state index in [1.54, 1.807) is 37.3 Å². The van der Waals surface area contributed by atoms with E-state index in [0.717, 1.165) is 0 Å². The normalized spacial score (nSPS) is 10.8. The second-order valence-electron chi connectivity index (χ2n) is 5.03. The van der Waals surface area contributed by atoms with Gasteiger partial charge in [0.15, 0.2) is 0 Å². The Bertz CT molecular complexity index is 943. The third-order valence-electron chi connectivity index (χ3n) is 3.32. The number of phenolic OH excluding ortho intramolecular Hbond substituents is 1. The number of halogens is 1. The van der Waals surface area contributed by atoms with Gasteiger partial charge in [0.2, 0.25) is 0 Å². The molecule has 0 fully saturated rings. The lowest BCUT2D eigenvalue weighted by atomic mass is 10.2. The molecule has 0 radical (unpaired) electrons. The first-order chi connectivity index (χ1) is 10.5. The summed E-state index contributed by atoms with van der Waals surface area (Å²) in [6.07, 6.45) is 0. The molecule has 0 amide bonds. The number of allylic oxidation sites excluding steroid dienone is 1. The average molecular weight is 313 g/mol. The summed E-state index contributed by atoms with van der Waals surface area (Å²) >= 11 is 5.91. The van der Waals surface area contributed by atoms with Crippen LogP contribution in [0.25, 0.3) is 22.2 Å². The molecule has 0 aliphatic heterocycles. The zero-order valence-corrected chi connectivity index (χ0v) is 12.6. The van der Waals surface area contributed by atoms with E-state index in [4.69, 9.17) is 11.6 Å². The molecule has 3 rings (SSSR count). The molecule has 3 aromatic rings. The average Bonchev–Trinajstić information content (AvgIpc) is 2.48. The van der Waals surface area contributed by atoms with Crippen molar-refractivity contribution >= 4 is 28.1 Å². The van der Waals surface area contributed by atoms with Crippen LogP contribution in [0.5, 0.6) is 5.75 Å². The maximum Gasteiger partial charge on any atom is 0.266 e. The van der Waals surface area contributed by atoms with Gasteiger partial charge >= 0.3 is 0 Å². The van der Waals surface area contributed by atoms with Crippen LogP contribution in [0.4, 0.5) is 0 Å². The quantitative estimate of drug-likeness (QED) is 0.783. The first-order valence-corrected chi connectivity index (χ1v) is 7.03. The highest BCUT2D eigenvalue weighted by molar-refractivity contribution is 6.30. The molecule has 5 heteroatoms. The molecule has 0 aliphatic carbocycles. The maximum atomic E-state index is 12.8. The van der Waals surface area contributed by atoms with Crippen molar-refractivity contribution in [3.8, 4) is 11.4 Å². The van der Waals surface area contributed by atoms with Crippen LogP contribution in [0, 0.1) is 0 Å². The summed E-state index contributed by atoms with van der Waals surface area (Å²) in [6.45, 7) is 5.67. The molecule has 0 atom stereocenters. The number of hydrogen-bond acceptors (Lipinski definition) is 3. The van der Waals surface area contributed by atoms with E-state index in [2.05, 4.69) is 11.6 Å². The lowest BCUT2D eigenvalue weighted by molar-refractivity contribution is 0.476. The van der Waals surface area contributed by atoms with Gasteiger partial charge in [-0.2, -0.15) is 0 Å². The van der Waals surface area contributed by atoms with Gasteiger partial charge < -0.3 is 5.11 Å². The van der Waals surface area contributed by atoms with Gasteiger partial charge in [-0.05, 0) is 48.9 Å². The van der Waals surface area contributed by atoms with E-state index in [1.165, 1.54) is 16.7 Å². The third-order valence-corrected chi connectivity index (χ3v) is 3.57. The van der Waals surface area contributed by atoms with Crippen molar-refractivity contribution in [1.82, 2.24) is 9.55 Å². The van der Waals surface area contributed by atoms with Gasteiger partial charge in [0.25, 0.3) is 5.56 Å². The van der Waals surface area contributed by atoms with Crippen LogP contribution in [-0.4, -0.2) is 14.7 Å². The highest BCUT2D eigenvalue weighted by atomic mass is 35.5. The van der Waals surface area contributed by atoms with E-state index in [1.807, 2.05) is 0 Å². The minimum atomic E-state index is -0.217. The number of aromatic hydroxyl groups is 1. The van der Waals surface area contributed by atoms with Crippen LogP contribution in [0.2, 0.25) is 5.02 Å². The van der Waals surface area contributed by atoms with Crippen molar-refractivity contribution < 1.29 is 5.11 Å². The molecular formula is C17H13ClN2O2. The fraction of sp³-hybridized carbons (Fsp3) is 0.0588. The summed E-state index contributed by atoms with van der Waals surface area (Å²) in [6, 6.07) is 11.4. The number of fused-ring (bicyclic) bond motifs is 1. The summed E-state index contributed by atoms with van der Waals surface area (Å²) < 4.78 is 1.50. The van der Waals surface area contributed by atoms with Crippen LogP contribution in [0.15, 0.2) is 53.8 Å². The summed E-state index contributed by atoms with van der Waals surface area (Å²) in [4.78, 5) is 17.3. The van der Waals surface area contributed by atoms with Crippen LogP contribution >= 0.6 is 11.6 Å². The Hall–Kier alpha value is -2.59. The SMILES string of the molecule is C=C(C)c1nc2cc(O)ccc2c(=O)n1-c1ccc(Cl)cc1. The minimum Gasteiger partial charge on any atom is -0.508 e. The van der Waals surface area contributed by atoms with Crippen LogP contribution in [0.1, 0.15) is 12.7 Å². The molecule has 22 heavy (non-hydrogen) atoms. The summed E-state index contributed by atoms with van der Waals surface area (Å²) in [5.41, 5.74) is 1.53. The molecule has 0 aliphatic rings. The Morgan fingerprint density at radius 1 is 1.23 bits per heavy atom. The van der Waals surface area contributed by atoms with E-state index in [0.29, 0.717) is 33.0 Å². The Balaban J connectivity index is 2.41. The number of aromatic nitrogens is 2. The Labute approximate surface area is 131 Å². The van der Waals surface area contributed by atoms with Crippen molar-refractivity contribution in [2.24, 2.45) is 0 Å². The van der Waals surface area contributed by atoms with Gasteiger partial charge in [0.05, 0.1) is 16.6 Å². The zero-order valence-electron chi connectivity index (χ0n) is 11.9. The van der Waals surface area contributed by atoms with Crippen LogP contribution < -0.4 is 5.56 Å². The lowest BCUT2D eigenvalue weighted by Crippen LogP contribution is -2.23. The second kappa shape index (κ2) is 5.31. The van der Waals surface area contributed by atoms with Crippen molar-refractivity contribution in [1.29, 1.82) is 0 Å². The molecule has 1 N–H and O–H groups in total. The van der Waals surface area contributed by atoms with E-state index >= 15 is 0 Å². The van der Waals surface area contributed by atoms with Crippen molar-refractivity contribution in [3.63, 3.8) is 0 Å². The Morgan fingerprint density at radius 2 is 1.91 bits per heavy atom. The third kappa shape index (κ3) is 2.38. The molecule has 1 heterocycles. The predicted octanol–water partition coefficient (Wildman–Crippen LogP) is 3.78. The molecule has 1 aromatic heterocycles. The van der Waals surface area contributed by atoms with Gasteiger partial charge in [-0.1, -0.05) is 18.2 Å². The van der Waals surface area contributed by atoms with Crippen LogP contribution in [-0.2, 0) is 0 Å². The standard InChI is InChI=1S/C17H13ClN2O2/c1-10(2)16-19-15-9-13(21)7-8-14(15)17(22)20(16)12-5-3-11(18)4-6-12/h3-9,21H,1H2,2H3. The number of rotatable bonds is 2. The molecule has 0 saturated carbocycles. The Kier molecular flexibility index (Phi) is 3.47. The Morgan fingerprint density at radius 3 is 2.55 bits per heavy atom. The smallest absolute Gasteiger partial charge is 0.266 e. The van der Waals surface area contributed by atoms with Gasteiger partial charge in [0.1, 0.15) is 11.6 Å². The molecule has 110 valence electrons. The van der Waals surface area contributed by atoms with Gasteiger partial charge in [-0.15, -0.1) is 0 Å². The summed E-state index contributed by atoms with van der Waals surface area (Å²) in [5.74, 6) is 0.515. The monoisotopic (exact) mass is 312 g/mol. The van der Waals surface area contributed by atoms with Crippen LogP contribution in [0.3, 0.4) is 0 Å². The minimum absolute atomic E-state index is 0.0660. The number of phenols is 1. The first kappa shape index (κ1) is 14.4. The zero-order chi connectivity index (χ0) is 15.9. The summed E-state index contributed by atoms with van der Waals surface area (Å²) in [5, 5.41) is 10.6. The van der Waals surface area contributed by atoms with Gasteiger partial charge in [0, 0.05) is 11.1 Å². The maximum absolute atomic E-state index is 12.8. The molecule has 0 bridgehead atoms. The number of benzene rings is 2.